The summed E-state index contributed by atoms with van der Waals surface area (Å²) in [6, 6.07) is 18.9. The molecule has 0 saturated carbocycles. The average Bonchev–Trinajstić information content (AvgIpc) is 2.93. The fourth-order valence-corrected chi connectivity index (χ4v) is 4.39. The van der Waals surface area contributed by atoms with Crippen molar-refractivity contribution in [2.75, 3.05) is 31.1 Å². The summed E-state index contributed by atoms with van der Waals surface area (Å²) in [5, 5.41) is 0. The maximum atomic E-state index is 12.4. The lowest BCUT2D eigenvalue weighted by atomic mass is 9.79. The van der Waals surface area contributed by atoms with Gasteiger partial charge >= 0.3 is 0 Å². The molecule has 0 aromatic heterocycles. The van der Waals surface area contributed by atoms with Gasteiger partial charge in [0.05, 0.1) is 0 Å². The first-order valence-corrected chi connectivity index (χ1v) is 9.27. The van der Waals surface area contributed by atoms with Gasteiger partial charge in [-0.1, -0.05) is 48.0 Å². The molecular formula is C22H26N2O. The van der Waals surface area contributed by atoms with Gasteiger partial charge in [-0.15, -0.1) is 0 Å². The molecule has 3 nitrogen and oxygen atoms in total. The van der Waals surface area contributed by atoms with Gasteiger partial charge in [0.2, 0.25) is 5.91 Å². The number of nitrogens with zero attached hydrogens (tertiary/aromatic N) is 2. The minimum absolute atomic E-state index is 0.191. The molecule has 25 heavy (non-hydrogen) atoms. The molecule has 2 fully saturated rings. The van der Waals surface area contributed by atoms with Crippen LogP contribution in [-0.4, -0.2) is 37.0 Å². The van der Waals surface area contributed by atoms with Crippen LogP contribution >= 0.6 is 0 Å². The van der Waals surface area contributed by atoms with Gasteiger partial charge in [0.15, 0.2) is 0 Å². The number of anilines is 1. The highest BCUT2D eigenvalue weighted by Crippen LogP contribution is 2.41. The number of amides is 1. The second-order valence-electron chi connectivity index (χ2n) is 7.80. The number of carbonyl (C=O) groups excluding carboxylic acids is 1. The van der Waals surface area contributed by atoms with Gasteiger partial charge in [0.1, 0.15) is 0 Å². The molecule has 1 amide bonds. The topological polar surface area (TPSA) is 23.6 Å². The molecule has 4 rings (SSSR count). The van der Waals surface area contributed by atoms with Crippen LogP contribution in [0.2, 0.25) is 0 Å². The van der Waals surface area contributed by atoms with Gasteiger partial charge in [-0.25, -0.2) is 0 Å². The summed E-state index contributed by atoms with van der Waals surface area (Å²) in [5.74, 6) is 0.283. The number of carbonyl (C=O) groups is 1. The standard InChI is InChI=1S/C22H26N2O/c1-18-7-5-8-19(13-18)9-6-12-23-15-22(16-23)14-21(25)24(17-22)20-10-3-2-4-11-20/h2-5,7-8,10-11,13H,6,9,12,14-17H2,1H3. The number of para-hydroxylation sites is 1. The van der Waals surface area contributed by atoms with Crippen molar-refractivity contribution in [3.8, 4) is 0 Å². The van der Waals surface area contributed by atoms with Crippen molar-refractivity contribution in [3.63, 3.8) is 0 Å². The van der Waals surface area contributed by atoms with Crippen LogP contribution in [0.4, 0.5) is 5.69 Å². The summed E-state index contributed by atoms with van der Waals surface area (Å²) in [7, 11) is 0. The highest BCUT2D eigenvalue weighted by Gasteiger charge is 2.51. The zero-order valence-electron chi connectivity index (χ0n) is 14.9. The molecular weight excluding hydrogens is 308 g/mol. The Labute approximate surface area is 150 Å². The molecule has 2 aromatic rings. The van der Waals surface area contributed by atoms with Crippen molar-refractivity contribution >= 4 is 11.6 Å². The Hall–Kier alpha value is -2.13. The van der Waals surface area contributed by atoms with E-state index in [2.05, 4.69) is 36.1 Å². The average molecular weight is 334 g/mol. The summed E-state index contributed by atoms with van der Waals surface area (Å²) < 4.78 is 0. The molecule has 0 N–H and O–H groups in total. The molecule has 2 aliphatic heterocycles. The first-order chi connectivity index (χ1) is 12.1. The fourth-order valence-electron chi connectivity index (χ4n) is 4.39. The monoisotopic (exact) mass is 334 g/mol. The number of hydrogen-bond acceptors (Lipinski definition) is 2. The third kappa shape index (κ3) is 3.47. The Morgan fingerprint density at radius 3 is 2.56 bits per heavy atom. The van der Waals surface area contributed by atoms with E-state index in [0.717, 1.165) is 38.3 Å². The van der Waals surface area contributed by atoms with Crippen LogP contribution in [-0.2, 0) is 11.2 Å². The van der Waals surface area contributed by atoms with E-state index < -0.39 is 0 Å². The number of likely N-dealkylation sites (tertiary alicyclic amines) is 1. The molecule has 2 heterocycles. The minimum Gasteiger partial charge on any atom is -0.312 e. The summed E-state index contributed by atoms with van der Waals surface area (Å²) >= 11 is 0. The number of rotatable bonds is 5. The number of aryl methyl sites for hydroxylation is 2. The summed E-state index contributed by atoms with van der Waals surface area (Å²) in [4.78, 5) is 16.9. The Morgan fingerprint density at radius 1 is 1.00 bits per heavy atom. The van der Waals surface area contributed by atoms with Crippen molar-refractivity contribution < 1.29 is 4.79 Å². The lowest BCUT2D eigenvalue weighted by Gasteiger charge is -2.47. The molecule has 2 aliphatic rings. The molecule has 0 aliphatic carbocycles. The van der Waals surface area contributed by atoms with Crippen LogP contribution in [0.3, 0.4) is 0 Å². The third-order valence-corrected chi connectivity index (χ3v) is 5.53. The van der Waals surface area contributed by atoms with Crippen molar-refractivity contribution in [2.45, 2.75) is 26.2 Å². The summed E-state index contributed by atoms with van der Waals surface area (Å²) in [6.07, 6.45) is 3.03. The van der Waals surface area contributed by atoms with Crippen molar-refractivity contribution in [3.05, 3.63) is 65.7 Å². The van der Waals surface area contributed by atoms with E-state index in [9.17, 15) is 4.79 Å². The van der Waals surface area contributed by atoms with Gasteiger partial charge in [-0.2, -0.15) is 0 Å². The molecule has 0 radical (unpaired) electrons. The zero-order valence-corrected chi connectivity index (χ0v) is 14.9. The van der Waals surface area contributed by atoms with Crippen LogP contribution in [0.1, 0.15) is 24.0 Å². The Kier molecular flexibility index (Phi) is 4.34. The maximum Gasteiger partial charge on any atom is 0.227 e. The van der Waals surface area contributed by atoms with Gasteiger partial charge in [-0.05, 0) is 44.0 Å². The lowest BCUT2D eigenvalue weighted by molar-refractivity contribution is -0.119. The van der Waals surface area contributed by atoms with E-state index in [-0.39, 0.29) is 11.3 Å². The fraction of sp³-hybridized carbons (Fsp3) is 0.409. The molecule has 0 bridgehead atoms. The van der Waals surface area contributed by atoms with Gasteiger partial charge in [0, 0.05) is 37.2 Å². The van der Waals surface area contributed by atoms with Crippen molar-refractivity contribution in [1.29, 1.82) is 0 Å². The second kappa shape index (κ2) is 6.64. The van der Waals surface area contributed by atoms with E-state index >= 15 is 0 Å². The van der Waals surface area contributed by atoms with Gasteiger partial charge < -0.3 is 9.80 Å². The smallest absolute Gasteiger partial charge is 0.227 e. The highest BCUT2D eigenvalue weighted by molar-refractivity contribution is 5.96. The Bertz CT molecular complexity index is 750. The number of hydrogen-bond donors (Lipinski definition) is 0. The van der Waals surface area contributed by atoms with Crippen LogP contribution in [0.5, 0.6) is 0 Å². The van der Waals surface area contributed by atoms with E-state index in [0.29, 0.717) is 6.42 Å². The van der Waals surface area contributed by atoms with E-state index in [1.54, 1.807) is 0 Å². The van der Waals surface area contributed by atoms with Crippen LogP contribution in [0.15, 0.2) is 54.6 Å². The highest BCUT2D eigenvalue weighted by atomic mass is 16.2. The van der Waals surface area contributed by atoms with Gasteiger partial charge in [0.25, 0.3) is 0 Å². The molecule has 0 atom stereocenters. The van der Waals surface area contributed by atoms with Crippen LogP contribution in [0, 0.1) is 12.3 Å². The van der Waals surface area contributed by atoms with Crippen LogP contribution in [0.25, 0.3) is 0 Å². The minimum atomic E-state index is 0.191. The Morgan fingerprint density at radius 2 is 1.80 bits per heavy atom. The predicted octanol–water partition coefficient (Wildman–Crippen LogP) is 3.67. The van der Waals surface area contributed by atoms with Gasteiger partial charge in [-0.3, -0.25) is 4.79 Å². The zero-order chi connectivity index (χ0) is 17.3. The SMILES string of the molecule is Cc1cccc(CCCN2CC3(CC(=O)N(c4ccccc4)C3)C2)c1. The first kappa shape index (κ1) is 16.3. The van der Waals surface area contributed by atoms with E-state index in [4.69, 9.17) is 0 Å². The molecule has 2 saturated heterocycles. The molecule has 130 valence electrons. The normalized spacial score (nSPS) is 19.4. The van der Waals surface area contributed by atoms with Crippen molar-refractivity contribution in [2.24, 2.45) is 5.41 Å². The number of benzene rings is 2. The molecule has 0 unspecified atom stereocenters. The molecule has 2 aromatic carbocycles. The van der Waals surface area contributed by atoms with E-state index in [1.165, 1.54) is 17.5 Å². The third-order valence-electron chi connectivity index (χ3n) is 5.53. The summed E-state index contributed by atoms with van der Waals surface area (Å²) in [5.41, 5.74) is 4.01. The first-order valence-electron chi connectivity index (χ1n) is 9.27. The van der Waals surface area contributed by atoms with Crippen molar-refractivity contribution in [1.82, 2.24) is 4.90 Å². The predicted molar refractivity (Wildman–Crippen MR) is 102 cm³/mol. The summed E-state index contributed by atoms with van der Waals surface area (Å²) in [6.45, 7) is 6.30. The van der Waals surface area contributed by atoms with Crippen LogP contribution < -0.4 is 4.90 Å². The Balaban J connectivity index is 1.27. The lowest BCUT2D eigenvalue weighted by Crippen LogP contribution is -2.57. The largest absolute Gasteiger partial charge is 0.312 e. The molecule has 3 heteroatoms. The quantitative estimate of drug-likeness (QED) is 0.833. The maximum absolute atomic E-state index is 12.4. The molecule has 1 spiro atoms. The second-order valence-corrected chi connectivity index (χ2v) is 7.80. The van der Waals surface area contributed by atoms with E-state index in [1.807, 2.05) is 35.2 Å².